The summed E-state index contributed by atoms with van der Waals surface area (Å²) in [5, 5.41) is 2.71. The number of rotatable bonds is 0. The SMILES string of the molecule is Br[c-]1cc2cc3ccccc3c-2s1.[C-]1=CC=CC1.[Cl-].[Cl-].[Zr+4]. The molecule has 1 aromatic rings. The zero-order valence-corrected chi connectivity index (χ0v) is 17.3. The van der Waals surface area contributed by atoms with Crippen molar-refractivity contribution in [3.63, 3.8) is 0 Å². The van der Waals surface area contributed by atoms with Crippen LogP contribution in [0.2, 0.25) is 0 Å². The van der Waals surface area contributed by atoms with Gasteiger partial charge in [-0.2, -0.15) is 17.7 Å². The number of hydrogen-bond donors (Lipinski definition) is 0. The Balaban J connectivity index is 0.000000437. The predicted octanol–water partition coefficient (Wildman–Crippen LogP) is -0.201. The van der Waals surface area contributed by atoms with Gasteiger partial charge in [-0.3, -0.25) is 17.4 Å². The van der Waals surface area contributed by atoms with E-state index in [-0.39, 0.29) is 51.0 Å². The van der Waals surface area contributed by atoms with E-state index >= 15 is 0 Å². The van der Waals surface area contributed by atoms with Crippen molar-refractivity contribution in [1.29, 1.82) is 0 Å². The maximum Gasteiger partial charge on any atom is 4.00 e. The second-order valence-electron chi connectivity index (χ2n) is 4.07. The van der Waals surface area contributed by atoms with Crippen molar-refractivity contribution < 1.29 is 51.0 Å². The summed E-state index contributed by atoms with van der Waals surface area (Å²) in [5.41, 5.74) is 1.35. The van der Waals surface area contributed by atoms with E-state index in [2.05, 4.69) is 64.5 Å². The molecule has 0 spiro atoms. The second kappa shape index (κ2) is 10.1. The fourth-order valence-corrected chi connectivity index (χ4v) is 3.67. The fourth-order valence-electron chi connectivity index (χ4n) is 2.03. The van der Waals surface area contributed by atoms with E-state index in [0.29, 0.717) is 0 Å². The Morgan fingerprint density at radius 1 is 1.19 bits per heavy atom. The van der Waals surface area contributed by atoms with Crippen LogP contribution < -0.4 is 24.8 Å². The molecule has 0 radical (unpaired) electrons. The van der Waals surface area contributed by atoms with Gasteiger partial charge < -0.3 is 24.8 Å². The van der Waals surface area contributed by atoms with Gasteiger partial charge in [-0.25, -0.2) is 12.2 Å². The molecule has 0 N–H and O–H groups in total. The topological polar surface area (TPSA) is 0 Å². The Hall–Kier alpha value is 0.213. The predicted molar refractivity (Wildman–Crippen MR) is 83.3 cm³/mol. The standard InChI is InChI=1S/C11H6BrS.C5H5.2ClH.Zr/c12-10-6-8-5-7-3-1-2-4-9(7)11(8)13-10;1-2-4-5-3-1;;;/h1-6H;1-3H,4H2;2*1H;/q2*-1;;;+4/p-2. The van der Waals surface area contributed by atoms with Crippen molar-refractivity contribution in [2.45, 2.75) is 6.42 Å². The molecule has 1 heterocycles. The number of fused-ring (bicyclic) bond motifs is 3. The number of hydrogen-bond acceptors (Lipinski definition) is 1. The molecular weight excluding hydrogens is 466 g/mol. The summed E-state index contributed by atoms with van der Waals surface area (Å²) in [6.07, 6.45) is 10.0. The van der Waals surface area contributed by atoms with E-state index in [1.165, 1.54) is 25.0 Å². The van der Waals surface area contributed by atoms with Gasteiger partial charge in [-0.15, -0.1) is 33.3 Å². The van der Waals surface area contributed by atoms with Crippen molar-refractivity contribution in [2.75, 3.05) is 0 Å². The van der Waals surface area contributed by atoms with Crippen LogP contribution in [0.4, 0.5) is 0 Å². The molecule has 21 heavy (non-hydrogen) atoms. The molecule has 1 aliphatic heterocycles. The fraction of sp³-hybridized carbons (Fsp3) is 0.0625. The van der Waals surface area contributed by atoms with Gasteiger partial charge in [0.25, 0.3) is 0 Å². The van der Waals surface area contributed by atoms with Crippen LogP contribution >= 0.6 is 27.3 Å². The third kappa shape index (κ3) is 5.11. The first-order valence-electron chi connectivity index (χ1n) is 5.80. The summed E-state index contributed by atoms with van der Waals surface area (Å²) >= 11 is 5.31. The molecule has 0 unspecified atom stereocenters. The summed E-state index contributed by atoms with van der Waals surface area (Å²) in [4.78, 5) is 1.39. The molecule has 0 fully saturated rings. The molecule has 0 amide bonds. The molecular formula is C16H11BrCl2SZr. The first kappa shape index (κ1) is 21.2. The van der Waals surface area contributed by atoms with Crippen molar-refractivity contribution >= 4 is 38.0 Å². The van der Waals surface area contributed by atoms with Crippen LogP contribution in [0.15, 0.2) is 58.4 Å². The van der Waals surface area contributed by atoms with Gasteiger partial charge in [0.05, 0.1) is 0 Å². The van der Waals surface area contributed by atoms with Crippen LogP contribution in [0.5, 0.6) is 0 Å². The molecule has 3 aliphatic rings. The van der Waals surface area contributed by atoms with E-state index in [9.17, 15) is 0 Å². The Morgan fingerprint density at radius 2 is 1.95 bits per heavy atom. The molecule has 0 atom stereocenters. The van der Waals surface area contributed by atoms with Gasteiger partial charge in [-0.05, 0) is 9.17 Å². The van der Waals surface area contributed by atoms with Gasteiger partial charge in [-0.1, -0.05) is 29.7 Å². The van der Waals surface area contributed by atoms with Gasteiger partial charge in [0.2, 0.25) is 0 Å². The summed E-state index contributed by atoms with van der Waals surface area (Å²) in [6, 6.07) is 12.9. The average Bonchev–Trinajstić information content (AvgIpc) is 3.05. The van der Waals surface area contributed by atoms with E-state index < -0.39 is 0 Å². The number of allylic oxidation sites excluding steroid dienone is 4. The van der Waals surface area contributed by atoms with Crippen molar-refractivity contribution in [2.24, 2.45) is 0 Å². The van der Waals surface area contributed by atoms with E-state index in [1.54, 1.807) is 11.3 Å². The molecule has 1 aromatic carbocycles. The number of halogens is 3. The molecule has 0 saturated heterocycles. The molecule has 2 aliphatic carbocycles. The number of thiophene rings is 1. The van der Waals surface area contributed by atoms with Crippen LogP contribution in [0.3, 0.4) is 0 Å². The Morgan fingerprint density at radius 3 is 2.57 bits per heavy atom. The monoisotopic (exact) mass is 474 g/mol. The average molecular weight is 477 g/mol. The molecule has 0 aromatic heterocycles. The summed E-state index contributed by atoms with van der Waals surface area (Å²) in [7, 11) is 0. The molecule has 0 saturated carbocycles. The molecule has 106 valence electrons. The Labute approximate surface area is 169 Å². The largest absolute Gasteiger partial charge is 4.00 e. The van der Waals surface area contributed by atoms with E-state index in [1.807, 2.05) is 12.2 Å². The Bertz CT molecular complexity index is 689. The first-order valence-corrected chi connectivity index (χ1v) is 7.41. The summed E-state index contributed by atoms with van der Waals surface area (Å²) in [5.74, 6) is 0. The van der Waals surface area contributed by atoms with Gasteiger partial charge in [0.15, 0.2) is 0 Å². The van der Waals surface area contributed by atoms with Crippen LogP contribution in [0.25, 0.3) is 21.2 Å². The van der Waals surface area contributed by atoms with Crippen LogP contribution in [-0.4, -0.2) is 0 Å². The smallest absolute Gasteiger partial charge is 1.00 e. The summed E-state index contributed by atoms with van der Waals surface area (Å²) in [6.45, 7) is 0. The second-order valence-corrected chi connectivity index (χ2v) is 6.50. The van der Waals surface area contributed by atoms with Crippen LogP contribution in [0, 0.1) is 6.08 Å². The molecule has 5 heteroatoms. The Kier molecular flexibility index (Phi) is 10.2. The molecule has 0 nitrogen and oxygen atoms in total. The maximum absolute atomic E-state index is 3.51. The van der Waals surface area contributed by atoms with Gasteiger partial charge in [0, 0.05) is 0 Å². The first-order chi connectivity index (χ1) is 8.84. The van der Waals surface area contributed by atoms with Crippen molar-refractivity contribution in [1.82, 2.24) is 0 Å². The summed E-state index contributed by atoms with van der Waals surface area (Å²) < 4.78 is 1.21. The van der Waals surface area contributed by atoms with E-state index in [0.717, 1.165) is 6.42 Å². The molecule has 4 rings (SSSR count). The zero-order valence-electron chi connectivity index (χ0n) is 10.9. The van der Waals surface area contributed by atoms with Crippen LogP contribution in [-0.2, 0) is 26.2 Å². The van der Waals surface area contributed by atoms with Crippen LogP contribution in [0.1, 0.15) is 6.42 Å². The minimum Gasteiger partial charge on any atom is -1.00 e. The van der Waals surface area contributed by atoms with E-state index in [4.69, 9.17) is 0 Å². The zero-order chi connectivity index (χ0) is 12.4. The third-order valence-corrected chi connectivity index (χ3v) is 4.52. The maximum atomic E-state index is 3.51. The minimum absolute atomic E-state index is 0. The van der Waals surface area contributed by atoms with Crippen molar-refractivity contribution in [3.8, 4) is 10.4 Å². The normalized spacial score (nSPS) is 11.3. The molecule has 0 bridgehead atoms. The number of benzene rings is 1. The van der Waals surface area contributed by atoms with Crippen molar-refractivity contribution in [3.05, 3.63) is 64.5 Å². The van der Waals surface area contributed by atoms with Gasteiger partial charge in [0.1, 0.15) is 0 Å². The quantitative estimate of drug-likeness (QED) is 0.394. The van der Waals surface area contributed by atoms with Gasteiger partial charge >= 0.3 is 26.2 Å². The third-order valence-electron chi connectivity index (χ3n) is 2.83. The minimum atomic E-state index is 0.